The molecule has 0 radical (unpaired) electrons. The molecule has 1 aliphatic heterocycles. The maximum atomic E-state index is 13.1. The Labute approximate surface area is 154 Å². The molecule has 0 spiro atoms. The first kappa shape index (κ1) is 19.0. The largest absolute Gasteiger partial charge is 0.481 e. The number of carbonyl (C=O) groups excluding carboxylic acids is 1. The molecule has 8 heteroatoms. The van der Waals surface area contributed by atoms with Gasteiger partial charge >= 0.3 is 12.6 Å². The minimum Gasteiger partial charge on any atom is -0.481 e. The first-order valence-corrected chi connectivity index (χ1v) is 8.42. The number of hydrogen-bond acceptors (Lipinski definition) is 4. The zero-order chi connectivity index (χ0) is 19.6. The summed E-state index contributed by atoms with van der Waals surface area (Å²) < 4.78 is 35.6. The summed E-state index contributed by atoms with van der Waals surface area (Å²) in [4.78, 5) is 25.6. The van der Waals surface area contributed by atoms with Crippen molar-refractivity contribution in [1.29, 1.82) is 0 Å². The summed E-state index contributed by atoms with van der Waals surface area (Å²) in [5, 5.41) is 10.5. The molecule has 6 nitrogen and oxygen atoms in total. The number of nitrogens with zero attached hydrogens (tertiary/aromatic N) is 1. The summed E-state index contributed by atoms with van der Waals surface area (Å²) in [6.07, 6.45) is -0.185. The third-order valence-corrected chi connectivity index (χ3v) is 4.67. The van der Waals surface area contributed by atoms with Crippen molar-refractivity contribution < 1.29 is 33.0 Å². The number of carboxylic acid groups (broad SMARTS) is 1. The van der Waals surface area contributed by atoms with Gasteiger partial charge in [0.25, 0.3) is 5.91 Å². The van der Waals surface area contributed by atoms with E-state index in [1.807, 2.05) is 0 Å². The molecule has 144 valence electrons. The Morgan fingerprint density at radius 3 is 2.52 bits per heavy atom. The van der Waals surface area contributed by atoms with E-state index in [4.69, 9.17) is 9.84 Å². The van der Waals surface area contributed by atoms with Crippen LogP contribution in [0.25, 0.3) is 10.8 Å². The molecule has 2 aromatic carbocycles. The van der Waals surface area contributed by atoms with Gasteiger partial charge in [-0.3, -0.25) is 9.59 Å². The lowest BCUT2D eigenvalue weighted by Gasteiger charge is -2.24. The van der Waals surface area contributed by atoms with Gasteiger partial charge in [-0.2, -0.15) is 8.78 Å². The summed E-state index contributed by atoms with van der Waals surface area (Å²) in [5.74, 6) is -1.83. The van der Waals surface area contributed by atoms with Crippen molar-refractivity contribution in [2.75, 3.05) is 13.7 Å². The topological polar surface area (TPSA) is 76.1 Å². The van der Waals surface area contributed by atoms with Gasteiger partial charge < -0.3 is 19.5 Å². The highest BCUT2D eigenvalue weighted by molar-refractivity contribution is 6.02. The number of hydrogen-bond donors (Lipinski definition) is 1. The minimum atomic E-state index is -3.09. The number of rotatable bonds is 6. The maximum Gasteiger partial charge on any atom is 0.387 e. The zero-order valence-corrected chi connectivity index (χ0v) is 14.6. The van der Waals surface area contributed by atoms with Crippen LogP contribution in [0.15, 0.2) is 36.4 Å². The van der Waals surface area contributed by atoms with Gasteiger partial charge in [-0.05, 0) is 29.3 Å². The van der Waals surface area contributed by atoms with Crippen LogP contribution in [0.5, 0.6) is 5.75 Å². The fourth-order valence-electron chi connectivity index (χ4n) is 3.42. The Morgan fingerprint density at radius 2 is 1.93 bits per heavy atom. The zero-order valence-electron chi connectivity index (χ0n) is 14.6. The van der Waals surface area contributed by atoms with Crippen molar-refractivity contribution >= 4 is 22.6 Å². The third-order valence-electron chi connectivity index (χ3n) is 4.67. The molecule has 27 heavy (non-hydrogen) atoms. The van der Waals surface area contributed by atoms with Crippen LogP contribution in [-0.2, 0) is 9.53 Å². The fourth-order valence-corrected chi connectivity index (χ4v) is 3.42. The van der Waals surface area contributed by atoms with Crippen molar-refractivity contribution in [3.8, 4) is 5.75 Å². The summed E-state index contributed by atoms with van der Waals surface area (Å²) >= 11 is 0. The first-order chi connectivity index (χ1) is 12.9. The summed E-state index contributed by atoms with van der Waals surface area (Å²) in [6, 6.07) is 9.32. The maximum absolute atomic E-state index is 13.1. The molecule has 1 aliphatic rings. The Kier molecular flexibility index (Phi) is 5.55. The standard InChI is InChI=1S/C19H19F2NO5/c1-26-14-8-13(9-17(23)24)22(10-14)18(25)15-6-11-4-2-3-5-12(11)7-16(15)27-19(20)21/h2-7,13-14,19H,8-10H2,1H3,(H,23,24). The quantitative estimate of drug-likeness (QED) is 0.835. The molecule has 0 aliphatic carbocycles. The highest BCUT2D eigenvalue weighted by Crippen LogP contribution is 2.32. The van der Waals surface area contributed by atoms with Crippen molar-refractivity contribution in [3.05, 3.63) is 42.0 Å². The molecule has 3 rings (SSSR count). The summed E-state index contributed by atoms with van der Waals surface area (Å²) in [5.41, 5.74) is -0.0267. The van der Waals surface area contributed by atoms with Gasteiger partial charge in [-0.1, -0.05) is 24.3 Å². The minimum absolute atomic E-state index is 0.0267. The van der Waals surface area contributed by atoms with E-state index in [0.717, 1.165) is 0 Å². The van der Waals surface area contributed by atoms with E-state index < -0.39 is 24.5 Å². The van der Waals surface area contributed by atoms with E-state index in [2.05, 4.69) is 4.74 Å². The fraction of sp³-hybridized carbons (Fsp3) is 0.368. The molecule has 2 aromatic rings. The lowest BCUT2D eigenvalue weighted by atomic mass is 10.0. The van der Waals surface area contributed by atoms with Gasteiger partial charge in [-0.25, -0.2) is 0 Å². The average Bonchev–Trinajstić information content (AvgIpc) is 3.02. The van der Waals surface area contributed by atoms with E-state index in [1.54, 1.807) is 24.3 Å². The third kappa shape index (κ3) is 4.16. The molecule has 0 aromatic heterocycles. The number of amides is 1. The van der Waals surface area contributed by atoms with E-state index in [1.165, 1.54) is 24.1 Å². The number of ether oxygens (including phenoxy) is 2. The average molecular weight is 379 g/mol. The summed E-state index contributed by atoms with van der Waals surface area (Å²) in [6.45, 7) is -2.90. The van der Waals surface area contributed by atoms with Crippen LogP contribution in [0.4, 0.5) is 8.78 Å². The number of aliphatic carboxylic acids is 1. The second-order valence-corrected chi connectivity index (χ2v) is 6.38. The Hall–Kier alpha value is -2.74. The molecule has 1 heterocycles. The molecular formula is C19H19F2NO5. The van der Waals surface area contributed by atoms with Crippen LogP contribution in [0, 0.1) is 0 Å². The van der Waals surface area contributed by atoms with Crippen molar-refractivity contribution in [3.63, 3.8) is 0 Å². The first-order valence-electron chi connectivity index (χ1n) is 8.42. The highest BCUT2D eigenvalue weighted by Gasteiger charge is 2.38. The number of halogens is 2. The Bertz CT molecular complexity index is 857. The second kappa shape index (κ2) is 7.87. The lowest BCUT2D eigenvalue weighted by molar-refractivity contribution is -0.138. The van der Waals surface area contributed by atoms with E-state index in [-0.39, 0.29) is 30.4 Å². The van der Waals surface area contributed by atoms with Crippen LogP contribution in [-0.4, -0.2) is 54.3 Å². The van der Waals surface area contributed by atoms with Crippen LogP contribution in [0.2, 0.25) is 0 Å². The number of benzene rings is 2. The van der Waals surface area contributed by atoms with Crippen LogP contribution in [0.3, 0.4) is 0 Å². The van der Waals surface area contributed by atoms with Crippen molar-refractivity contribution in [2.24, 2.45) is 0 Å². The predicted molar refractivity (Wildman–Crippen MR) is 93.1 cm³/mol. The molecular weight excluding hydrogens is 360 g/mol. The molecule has 1 amide bonds. The van der Waals surface area contributed by atoms with Gasteiger partial charge in [0.2, 0.25) is 0 Å². The monoisotopic (exact) mass is 379 g/mol. The van der Waals surface area contributed by atoms with E-state index in [9.17, 15) is 18.4 Å². The molecule has 2 unspecified atom stereocenters. The Morgan fingerprint density at radius 1 is 1.26 bits per heavy atom. The van der Waals surface area contributed by atoms with Crippen LogP contribution in [0.1, 0.15) is 23.2 Å². The van der Waals surface area contributed by atoms with Gasteiger partial charge in [0.05, 0.1) is 18.1 Å². The molecule has 0 bridgehead atoms. The van der Waals surface area contributed by atoms with Gasteiger partial charge in [0.1, 0.15) is 5.75 Å². The van der Waals surface area contributed by atoms with E-state index >= 15 is 0 Å². The molecule has 1 saturated heterocycles. The smallest absolute Gasteiger partial charge is 0.387 e. The lowest BCUT2D eigenvalue weighted by Crippen LogP contribution is -2.37. The van der Waals surface area contributed by atoms with E-state index in [0.29, 0.717) is 17.2 Å². The number of methoxy groups -OCH3 is 1. The van der Waals surface area contributed by atoms with Crippen LogP contribution < -0.4 is 4.74 Å². The molecule has 0 saturated carbocycles. The molecule has 1 fully saturated rings. The Balaban J connectivity index is 2.00. The molecule has 2 atom stereocenters. The number of likely N-dealkylation sites (tertiary alicyclic amines) is 1. The second-order valence-electron chi connectivity index (χ2n) is 6.38. The SMILES string of the molecule is COC1CC(CC(=O)O)N(C(=O)c2cc3ccccc3cc2OC(F)F)C1. The highest BCUT2D eigenvalue weighted by atomic mass is 19.3. The van der Waals surface area contributed by atoms with Gasteiger partial charge in [0, 0.05) is 19.7 Å². The normalized spacial score (nSPS) is 19.6. The predicted octanol–water partition coefficient (Wildman–Crippen LogP) is 3.15. The number of alkyl halides is 2. The number of carbonyl (C=O) groups is 2. The van der Waals surface area contributed by atoms with Crippen molar-refractivity contribution in [2.45, 2.75) is 31.6 Å². The summed E-state index contributed by atoms with van der Waals surface area (Å²) in [7, 11) is 1.48. The van der Waals surface area contributed by atoms with Gasteiger partial charge in [0.15, 0.2) is 0 Å². The molecule has 1 N–H and O–H groups in total. The van der Waals surface area contributed by atoms with Crippen LogP contribution >= 0.6 is 0 Å². The van der Waals surface area contributed by atoms with Crippen molar-refractivity contribution in [1.82, 2.24) is 4.90 Å². The number of fused-ring (bicyclic) bond motifs is 1. The number of carboxylic acids is 1. The van der Waals surface area contributed by atoms with Gasteiger partial charge in [-0.15, -0.1) is 0 Å².